The number of amides is 17. The second-order valence-corrected chi connectivity index (χ2v) is 35.5. The van der Waals surface area contributed by atoms with E-state index in [2.05, 4.69) is 78.4 Å². The van der Waals surface area contributed by atoms with E-state index in [-0.39, 0.29) is 82.1 Å². The second kappa shape index (κ2) is 51.4. The number of hydrogen-bond acceptors (Lipinski definition) is 24. The fourth-order valence-corrected chi connectivity index (χ4v) is 17.6. The maximum absolute atomic E-state index is 15.8. The highest BCUT2D eigenvalue weighted by molar-refractivity contribution is 8.00. The van der Waals surface area contributed by atoms with Crippen LogP contribution in [0.25, 0.3) is 21.8 Å². The van der Waals surface area contributed by atoms with Crippen molar-refractivity contribution in [1.82, 2.24) is 103 Å². The van der Waals surface area contributed by atoms with Gasteiger partial charge in [0.05, 0.1) is 49.4 Å². The summed E-state index contributed by atoms with van der Waals surface area (Å²) < 4.78 is 0. The number of nitrogens with one attached hydrogen (secondary N) is 15. The quantitative estimate of drug-likeness (QED) is 0.0133. The van der Waals surface area contributed by atoms with Crippen LogP contribution in [0, 0.1) is 16.7 Å². The van der Waals surface area contributed by atoms with Crippen LogP contribution in [0.1, 0.15) is 139 Å². The Balaban J connectivity index is 1.11. The highest BCUT2D eigenvalue weighted by Crippen LogP contribution is 2.28. The molecule has 3 saturated heterocycles. The molecule has 0 spiro atoms. The van der Waals surface area contributed by atoms with Gasteiger partial charge in [-0.2, -0.15) is 5.26 Å². The fraction of sp³-hybridized carbons (Fsp3) is 0.505. The number of aliphatic carboxylic acids is 1. The molecule has 15 atom stereocenters. The Morgan fingerprint density at radius 2 is 1.10 bits per heavy atom. The first-order chi connectivity index (χ1) is 65.8. The Labute approximate surface area is 798 Å². The number of primary amides is 2. The molecule has 0 radical (unpaired) electrons. The Morgan fingerprint density at radius 1 is 0.558 bits per heavy atom. The summed E-state index contributed by atoms with van der Waals surface area (Å²) in [4.78, 5) is 281. The van der Waals surface area contributed by atoms with Crippen molar-refractivity contribution in [3.8, 4) is 6.07 Å². The largest absolute Gasteiger partial charge is 0.481 e. The third-order valence-corrected chi connectivity index (χ3v) is 25.4. The molecule has 744 valence electrons. The summed E-state index contributed by atoms with van der Waals surface area (Å²) in [6.07, 6.45) is 1.30. The summed E-state index contributed by atoms with van der Waals surface area (Å²) in [5.74, 6) is -20.1. The number of carbonyl (C=O) groups excluding carboxylic acids is 17. The van der Waals surface area contributed by atoms with Gasteiger partial charge in [-0.05, 0) is 92.8 Å². The molecule has 3 aromatic heterocycles. The van der Waals surface area contributed by atoms with Gasteiger partial charge in [-0.1, -0.05) is 88.1 Å². The van der Waals surface area contributed by atoms with Gasteiger partial charge < -0.3 is 130 Å². The molecule has 46 nitrogen and oxygen atoms in total. The monoisotopic (exact) mass is 1930 g/mol. The van der Waals surface area contributed by atoms with E-state index >= 15 is 38.4 Å². The van der Waals surface area contributed by atoms with Gasteiger partial charge in [0.15, 0.2) is 5.96 Å². The number of para-hydroxylation sites is 2. The van der Waals surface area contributed by atoms with Crippen LogP contribution in [0.2, 0.25) is 0 Å². The Kier molecular flexibility index (Phi) is 39.9. The number of aromatic amines is 3. The molecule has 3 aromatic carbocycles. The van der Waals surface area contributed by atoms with Gasteiger partial charge >= 0.3 is 5.97 Å². The summed E-state index contributed by atoms with van der Waals surface area (Å²) in [6.45, 7) is 2.18. The van der Waals surface area contributed by atoms with Crippen molar-refractivity contribution in [3.63, 3.8) is 0 Å². The molecule has 0 unspecified atom stereocenters. The van der Waals surface area contributed by atoms with Gasteiger partial charge in [0.1, 0.15) is 84.6 Å². The number of carbonyl (C=O) groups is 18. The van der Waals surface area contributed by atoms with E-state index in [4.69, 9.17) is 22.6 Å². The lowest BCUT2D eigenvalue weighted by molar-refractivity contribution is -0.149. The minimum Gasteiger partial charge on any atom is -0.481 e. The van der Waals surface area contributed by atoms with Gasteiger partial charge in [0, 0.05) is 131 Å². The normalized spacial score (nSPS) is 24.3. The average Bonchev–Trinajstić information content (AvgIpc) is 1.63. The minimum absolute atomic E-state index is 0.0191. The number of nitriles is 1. The number of unbranched alkanes of at least 4 members (excludes halogenated alkanes) is 2. The maximum Gasteiger partial charge on any atom is 0.303 e. The number of nitrogens with zero attached hydrogens (tertiary/aromatic N) is 7. The van der Waals surface area contributed by atoms with E-state index < -0.39 is 266 Å². The summed E-state index contributed by atoms with van der Waals surface area (Å²) in [6, 6.07) is -1.28. The van der Waals surface area contributed by atoms with Crippen LogP contribution in [-0.4, -0.2) is 328 Å². The highest BCUT2D eigenvalue weighted by atomic mass is 32.2. The summed E-state index contributed by atoms with van der Waals surface area (Å²) >= 11 is 0.744. The lowest BCUT2D eigenvalue weighted by atomic mass is 10.00. The van der Waals surface area contributed by atoms with Crippen LogP contribution in [0.15, 0.2) is 97.7 Å². The SMILES string of the molecule is CCCC[C@H]1C(=O)N(C)[C@@H](CCCC)C(=O)N[C@@H](CCCNC(=N)N)C(=O)N[C@H](C(=O)NCC(N)=O)CSCC(=O)N[C@@H](Cc2ccc(C#N)cc2)C(=O)N(C)[C@@H](C)C(=O)N[C@@H](CC(N)=O)C(=O)N2CCC[C@H]2C(=O)N[C@@H](Cc2cnc[nH]2)C(=O)N[C@@H](CCC(=O)O)C(=O)N2C[C@H](O)C[C@H]2C(=O)N[C@@H](Cc2c[nH]c3ccccc23)C(=O)N[C@@H](CO)C(=O)N[C@@H](Cc2c[nH]c3ccccc23)C(=O)N1C. The molecule has 3 aliphatic rings. The van der Waals surface area contributed by atoms with Crippen molar-refractivity contribution >= 4 is 146 Å². The summed E-state index contributed by atoms with van der Waals surface area (Å²) in [5.41, 5.74) is 19.7. The van der Waals surface area contributed by atoms with Crippen molar-refractivity contribution in [2.75, 3.05) is 65.4 Å². The van der Waals surface area contributed by atoms with Crippen LogP contribution in [-0.2, 0) is 112 Å². The van der Waals surface area contributed by atoms with Crippen molar-refractivity contribution in [2.24, 2.45) is 17.2 Å². The molecule has 17 amide bonds. The molecule has 9 rings (SSSR count). The zero-order valence-corrected chi connectivity index (χ0v) is 78.4. The predicted octanol–water partition coefficient (Wildman–Crippen LogP) is -3.94. The number of carboxylic acid groups (broad SMARTS) is 1. The Hall–Kier alpha value is -14.6. The van der Waals surface area contributed by atoms with E-state index in [1.54, 1.807) is 60.9 Å². The number of thioether (sulfide) groups is 1. The Morgan fingerprint density at radius 3 is 1.70 bits per heavy atom. The summed E-state index contributed by atoms with van der Waals surface area (Å²) in [5, 5.41) is 79.9. The van der Waals surface area contributed by atoms with E-state index in [0.717, 1.165) is 36.3 Å². The molecule has 6 heterocycles. The van der Waals surface area contributed by atoms with Crippen LogP contribution in [0.5, 0.6) is 0 Å². The number of aromatic nitrogens is 4. The topological polar surface area (TPSA) is 702 Å². The first kappa shape index (κ1) is 107. The number of fused-ring (bicyclic) bond motifs is 4. The zero-order valence-electron chi connectivity index (χ0n) is 77.5. The Bertz CT molecular complexity index is 5430. The lowest BCUT2D eigenvalue weighted by Crippen LogP contribution is -2.62. The molecule has 47 heteroatoms. The van der Waals surface area contributed by atoms with E-state index in [0.29, 0.717) is 64.2 Å². The second-order valence-electron chi connectivity index (χ2n) is 34.4. The molecule has 6 aromatic rings. The number of H-pyrrole nitrogens is 3. The van der Waals surface area contributed by atoms with Crippen molar-refractivity contribution in [3.05, 3.63) is 126 Å². The van der Waals surface area contributed by atoms with Gasteiger partial charge in [0.25, 0.3) is 0 Å². The first-order valence-corrected chi connectivity index (χ1v) is 46.7. The maximum atomic E-state index is 15.8. The van der Waals surface area contributed by atoms with Crippen molar-refractivity contribution < 1.29 is 102 Å². The minimum atomic E-state index is -1.94. The molecule has 0 aliphatic carbocycles. The van der Waals surface area contributed by atoms with Gasteiger partial charge in [-0.3, -0.25) is 91.7 Å². The number of carboxylic acids is 1. The zero-order chi connectivity index (χ0) is 101. The lowest BCUT2D eigenvalue weighted by Gasteiger charge is -2.36. The number of rotatable bonds is 27. The number of guanidine groups is 1. The van der Waals surface area contributed by atoms with E-state index in [1.807, 2.05) is 19.9 Å². The third kappa shape index (κ3) is 29.7. The van der Waals surface area contributed by atoms with E-state index in [9.17, 15) is 68.5 Å². The number of nitrogens with two attached hydrogens (primary N) is 3. The average molecular weight is 1940 g/mol. The van der Waals surface area contributed by atoms with Gasteiger partial charge in [-0.15, -0.1) is 11.8 Å². The molecule has 24 N–H and O–H groups in total. The number of benzene rings is 3. The smallest absolute Gasteiger partial charge is 0.303 e. The molecule has 3 aliphatic heterocycles. The molecule has 0 bridgehead atoms. The molecule has 138 heavy (non-hydrogen) atoms. The van der Waals surface area contributed by atoms with Gasteiger partial charge in [-0.25, -0.2) is 4.98 Å². The fourth-order valence-electron chi connectivity index (χ4n) is 16.7. The number of hydrogen-bond donors (Lipinski definition) is 21. The predicted molar refractivity (Wildman–Crippen MR) is 500 cm³/mol. The van der Waals surface area contributed by atoms with Crippen LogP contribution in [0.4, 0.5) is 0 Å². The highest BCUT2D eigenvalue weighted by Gasteiger charge is 2.47. The van der Waals surface area contributed by atoms with Crippen molar-refractivity contribution in [2.45, 2.75) is 227 Å². The number of likely N-dealkylation sites (N-methyl/N-ethyl adjacent to an activating group) is 3. The third-order valence-electron chi connectivity index (χ3n) is 24.4. The molecule has 0 saturated carbocycles. The molecular weight excluding hydrogens is 1810 g/mol. The molecular formula is C91H123N25O21S. The standard InChI is InChI=1S/C91H123N25O21S/c1-7-9-22-69-83(130)104-60(21-15-31-98-91(95)96)79(126)111-68(78(125)101-43-74(94)120)46-138-47-75(121)103-64(33-50-25-27-51(39-92)28-26-50)86(133)112(4)49(3)77(124)108-66(38-73(93)119)89(136)115-32-16-24-70(115)84(131)107-63(36-54-42-97-48-102-54)81(128)105-61(29-30-76(122)123)88(135)116-44-55(118)37-72(116)85(132)106-62(34-52-40-99-58-19-13-11-17-56(52)58)80(127)110-67(45-117)82(129)109-65(35-53-41-100-59-20-14-12-18-57(53)59)87(134)114(6)71(23-10-8-2)90(137)113(69)5/h11-14,17-20,25-28,40-42,48-49,55,60-72,99-100,117-118H,7-10,15-16,21-24,29-38,43-47H2,1-6H3,(H2,93,119)(H2,94,120)(H,97,102)(H,101,125)(H,103,121)(H,104,130)(H,105,128)(H,106,132)(H,107,131)(H,108,124)(H,109,129)(H,110,127)(H,111,126)(H,122,123)(H4,95,96,98)/t49-,55+,60-,61-,62-,63-,64-,65-,66-,67-,68-,69-,70-,71-,72-/m0/s1. The van der Waals surface area contributed by atoms with E-state index in [1.165, 1.54) is 64.9 Å². The first-order valence-electron chi connectivity index (χ1n) is 45.5. The number of imidazole rings is 1. The summed E-state index contributed by atoms with van der Waals surface area (Å²) in [7, 11) is 3.84. The number of aliphatic hydroxyl groups excluding tert-OH is 2. The van der Waals surface area contributed by atoms with Crippen LogP contribution in [0.3, 0.4) is 0 Å². The van der Waals surface area contributed by atoms with Crippen LogP contribution < -0.4 is 75.7 Å². The van der Waals surface area contributed by atoms with Gasteiger partial charge in [0.2, 0.25) is 100 Å². The number of aliphatic hydroxyl groups is 2. The van der Waals surface area contributed by atoms with Crippen LogP contribution >= 0.6 is 11.8 Å². The van der Waals surface area contributed by atoms with Crippen molar-refractivity contribution in [1.29, 1.82) is 10.7 Å². The molecule has 3 fully saturated rings.